The molecule has 32 heavy (non-hydrogen) atoms. The number of aryl methyl sites for hydroxylation is 1. The summed E-state index contributed by atoms with van der Waals surface area (Å²) in [6.45, 7) is 6.45. The third-order valence-electron chi connectivity index (χ3n) is 5.76. The molecule has 1 saturated heterocycles. The molecule has 1 atom stereocenters. The standard InChI is InChI=1S/C22H29N7O3/c1-13-10-24-20-18(13)21(26-12-25-20)28-6-7-29(14(2)11-28)22(23)27-15-8-16(30-3)19(32-5)17(9-15)31-4/h8-10,12,14H,6-7,11H2,1-5H3,(H2,23,27)(H,24,25,26)/t14-/m0/s1. The molecule has 1 aromatic carbocycles. The van der Waals surface area contributed by atoms with Crippen molar-refractivity contribution in [1.29, 1.82) is 0 Å². The van der Waals surface area contributed by atoms with Gasteiger partial charge in [-0.3, -0.25) is 0 Å². The first-order valence-corrected chi connectivity index (χ1v) is 10.4. The lowest BCUT2D eigenvalue weighted by Gasteiger charge is -2.41. The number of guanidine groups is 1. The van der Waals surface area contributed by atoms with Gasteiger partial charge in [0.15, 0.2) is 17.5 Å². The smallest absolute Gasteiger partial charge is 0.203 e. The highest BCUT2D eigenvalue weighted by molar-refractivity contribution is 5.91. The summed E-state index contributed by atoms with van der Waals surface area (Å²) in [4.78, 5) is 21.1. The van der Waals surface area contributed by atoms with Crippen LogP contribution in [0.5, 0.6) is 17.2 Å². The van der Waals surface area contributed by atoms with Gasteiger partial charge in [0.2, 0.25) is 5.75 Å². The molecule has 0 bridgehead atoms. The SMILES string of the molecule is COc1cc(N=C(N)N2CCN(c3ncnc4[nH]cc(C)c34)C[C@@H]2C)cc(OC)c1OC. The number of nitrogens with one attached hydrogen (secondary N) is 1. The van der Waals surface area contributed by atoms with Crippen LogP contribution in [0, 0.1) is 6.92 Å². The van der Waals surface area contributed by atoms with Crippen LogP contribution in [0.25, 0.3) is 11.0 Å². The molecule has 3 heterocycles. The van der Waals surface area contributed by atoms with Gasteiger partial charge in [-0.05, 0) is 19.4 Å². The Morgan fingerprint density at radius 3 is 2.47 bits per heavy atom. The van der Waals surface area contributed by atoms with Crippen molar-refractivity contribution < 1.29 is 14.2 Å². The molecule has 170 valence electrons. The van der Waals surface area contributed by atoms with Crippen LogP contribution in [-0.4, -0.2) is 72.8 Å². The average molecular weight is 440 g/mol. The third-order valence-corrected chi connectivity index (χ3v) is 5.76. The van der Waals surface area contributed by atoms with Gasteiger partial charge in [-0.2, -0.15) is 0 Å². The summed E-state index contributed by atoms with van der Waals surface area (Å²) < 4.78 is 16.2. The lowest BCUT2D eigenvalue weighted by molar-refractivity contribution is 0.294. The Hall–Kier alpha value is -3.69. The predicted molar refractivity (Wildman–Crippen MR) is 124 cm³/mol. The Labute approximate surface area is 187 Å². The number of ether oxygens (including phenoxy) is 3. The largest absolute Gasteiger partial charge is 0.493 e. The molecule has 3 N–H and O–H groups in total. The number of hydrogen-bond acceptors (Lipinski definition) is 7. The minimum atomic E-state index is 0.138. The molecule has 1 aliphatic rings. The number of H-pyrrole nitrogens is 1. The van der Waals surface area contributed by atoms with E-state index in [1.54, 1.807) is 39.8 Å². The topological polar surface area (TPSA) is 114 Å². The maximum atomic E-state index is 6.42. The van der Waals surface area contributed by atoms with E-state index >= 15 is 0 Å². The van der Waals surface area contributed by atoms with E-state index in [9.17, 15) is 0 Å². The number of hydrogen-bond donors (Lipinski definition) is 2. The molecule has 0 amide bonds. The fourth-order valence-electron chi connectivity index (χ4n) is 4.16. The van der Waals surface area contributed by atoms with Gasteiger partial charge < -0.3 is 34.7 Å². The van der Waals surface area contributed by atoms with Gasteiger partial charge >= 0.3 is 0 Å². The Balaban J connectivity index is 1.56. The van der Waals surface area contributed by atoms with Crippen LogP contribution in [0.4, 0.5) is 11.5 Å². The Kier molecular flexibility index (Phi) is 5.93. The number of piperazine rings is 1. The minimum absolute atomic E-state index is 0.138. The van der Waals surface area contributed by atoms with Gasteiger partial charge in [0, 0.05) is 44.0 Å². The predicted octanol–water partition coefficient (Wildman–Crippen LogP) is 2.45. The molecular formula is C22H29N7O3. The number of methoxy groups -OCH3 is 3. The molecule has 3 aromatic rings. The number of nitrogens with zero attached hydrogens (tertiary/aromatic N) is 5. The number of benzene rings is 1. The van der Waals surface area contributed by atoms with E-state index in [0.29, 0.717) is 28.9 Å². The summed E-state index contributed by atoms with van der Waals surface area (Å²) in [6.07, 6.45) is 3.56. The van der Waals surface area contributed by atoms with E-state index < -0.39 is 0 Å². The first-order chi connectivity index (χ1) is 15.5. The van der Waals surface area contributed by atoms with Crippen molar-refractivity contribution in [2.75, 3.05) is 45.9 Å². The maximum absolute atomic E-state index is 6.42. The summed E-state index contributed by atoms with van der Waals surface area (Å²) in [6, 6.07) is 3.70. The quantitative estimate of drug-likeness (QED) is 0.460. The molecule has 0 spiro atoms. The molecule has 1 aliphatic heterocycles. The molecule has 2 aromatic heterocycles. The number of rotatable bonds is 5. The van der Waals surface area contributed by atoms with Crippen molar-refractivity contribution >= 4 is 28.5 Å². The van der Waals surface area contributed by atoms with Crippen LogP contribution >= 0.6 is 0 Å². The second-order valence-corrected chi connectivity index (χ2v) is 7.73. The lowest BCUT2D eigenvalue weighted by atomic mass is 10.1. The van der Waals surface area contributed by atoms with Gasteiger partial charge in [0.05, 0.1) is 32.4 Å². The van der Waals surface area contributed by atoms with Crippen molar-refractivity contribution in [2.45, 2.75) is 19.9 Å². The molecule has 0 aliphatic carbocycles. The van der Waals surface area contributed by atoms with Crippen LogP contribution < -0.4 is 24.8 Å². The molecule has 10 nitrogen and oxygen atoms in total. The molecule has 0 saturated carbocycles. The van der Waals surface area contributed by atoms with E-state index in [0.717, 1.165) is 42.0 Å². The Morgan fingerprint density at radius 2 is 1.84 bits per heavy atom. The fourth-order valence-corrected chi connectivity index (χ4v) is 4.16. The van der Waals surface area contributed by atoms with Crippen LogP contribution in [0.3, 0.4) is 0 Å². The highest BCUT2D eigenvalue weighted by Gasteiger charge is 2.27. The summed E-state index contributed by atoms with van der Waals surface area (Å²) in [5.41, 5.74) is 9.04. The Bertz CT molecular complexity index is 1120. The zero-order valence-electron chi connectivity index (χ0n) is 19.0. The molecule has 10 heteroatoms. The van der Waals surface area contributed by atoms with Crippen molar-refractivity contribution in [3.63, 3.8) is 0 Å². The third kappa shape index (κ3) is 3.83. The van der Waals surface area contributed by atoms with E-state index in [2.05, 4.69) is 43.6 Å². The second kappa shape index (κ2) is 8.81. The number of aliphatic imine (C=N–C) groups is 1. The van der Waals surface area contributed by atoms with Gasteiger partial charge in [0.25, 0.3) is 0 Å². The van der Waals surface area contributed by atoms with E-state index in [1.165, 1.54) is 0 Å². The average Bonchev–Trinajstić information content (AvgIpc) is 3.19. The zero-order valence-corrected chi connectivity index (χ0v) is 19.0. The summed E-state index contributed by atoms with van der Waals surface area (Å²) >= 11 is 0. The Morgan fingerprint density at radius 1 is 1.12 bits per heavy atom. The second-order valence-electron chi connectivity index (χ2n) is 7.73. The zero-order chi connectivity index (χ0) is 22.8. The van der Waals surface area contributed by atoms with Crippen LogP contribution in [-0.2, 0) is 0 Å². The maximum Gasteiger partial charge on any atom is 0.203 e. The number of fused-ring (bicyclic) bond motifs is 1. The summed E-state index contributed by atoms with van der Waals surface area (Å²) in [7, 11) is 4.72. The van der Waals surface area contributed by atoms with Crippen molar-refractivity contribution in [2.24, 2.45) is 10.7 Å². The van der Waals surface area contributed by atoms with E-state index in [-0.39, 0.29) is 6.04 Å². The monoisotopic (exact) mass is 439 g/mol. The molecule has 4 rings (SSSR count). The normalized spacial score (nSPS) is 17.0. The first kappa shape index (κ1) is 21.5. The lowest BCUT2D eigenvalue weighted by Crippen LogP contribution is -2.56. The van der Waals surface area contributed by atoms with Crippen LogP contribution in [0.2, 0.25) is 0 Å². The number of nitrogens with two attached hydrogens (primary N) is 1. The summed E-state index contributed by atoms with van der Waals surface area (Å²) in [5, 5.41) is 1.06. The van der Waals surface area contributed by atoms with E-state index in [4.69, 9.17) is 19.9 Å². The van der Waals surface area contributed by atoms with Gasteiger partial charge in [-0.1, -0.05) is 0 Å². The summed E-state index contributed by atoms with van der Waals surface area (Å²) in [5.74, 6) is 2.97. The van der Waals surface area contributed by atoms with Crippen LogP contribution in [0.15, 0.2) is 29.6 Å². The van der Waals surface area contributed by atoms with Gasteiger partial charge in [-0.25, -0.2) is 15.0 Å². The van der Waals surface area contributed by atoms with E-state index in [1.807, 2.05) is 6.20 Å². The van der Waals surface area contributed by atoms with Crippen molar-refractivity contribution in [3.05, 3.63) is 30.2 Å². The van der Waals surface area contributed by atoms with Gasteiger partial charge in [0.1, 0.15) is 17.8 Å². The highest BCUT2D eigenvalue weighted by Crippen LogP contribution is 2.41. The van der Waals surface area contributed by atoms with Crippen molar-refractivity contribution in [1.82, 2.24) is 19.9 Å². The molecular weight excluding hydrogens is 410 g/mol. The molecule has 0 unspecified atom stereocenters. The molecule has 0 radical (unpaired) electrons. The minimum Gasteiger partial charge on any atom is -0.493 e. The highest BCUT2D eigenvalue weighted by atomic mass is 16.5. The molecule has 1 fully saturated rings. The first-order valence-electron chi connectivity index (χ1n) is 10.4. The fraction of sp³-hybridized carbons (Fsp3) is 0.409. The van der Waals surface area contributed by atoms with Gasteiger partial charge in [-0.15, -0.1) is 0 Å². The van der Waals surface area contributed by atoms with Crippen molar-refractivity contribution in [3.8, 4) is 17.2 Å². The number of aromatic nitrogens is 3. The number of anilines is 1. The van der Waals surface area contributed by atoms with Crippen LogP contribution in [0.1, 0.15) is 12.5 Å². The number of aromatic amines is 1.